The van der Waals surface area contributed by atoms with Gasteiger partial charge in [0.15, 0.2) is 0 Å². The molecule has 1 heterocycles. The Morgan fingerprint density at radius 3 is 2.50 bits per heavy atom. The summed E-state index contributed by atoms with van der Waals surface area (Å²) in [6, 6.07) is 0. The Morgan fingerprint density at radius 1 is 1.36 bits per heavy atom. The van der Waals surface area contributed by atoms with Crippen molar-refractivity contribution in [2.45, 2.75) is 18.4 Å². The lowest BCUT2D eigenvalue weighted by atomic mass is 9.95. The van der Waals surface area contributed by atoms with Crippen LogP contribution in [0.2, 0.25) is 0 Å². The first-order chi connectivity index (χ1) is 10.2. The van der Waals surface area contributed by atoms with Gasteiger partial charge < -0.3 is 15.0 Å². The van der Waals surface area contributed by atoms with E-state index in [0.29, 0.717) is 19.4 Å². The smallest absolute Gasteiger partial charge is 0.279 e. The van der Waals surface area contributed by atoms with Gasteiger partial charge in [0.05, 0.1) is 13.2 Å². The van der Waals surface area contributed by atoms with Crippen LogP contribution in [0.25, 0.3) is 0 Å². The van der Waals surface area contributed by atoms with Gasteiger partial charge in [-0.15, -0.1) is 0 Å². The van der Waals surface area contributed by atoms with Crippen molar-refractivity contribution in [3.05, 3.63) is 0 Å². The summed E-state index contributed by atoms with van der Waals surface area (Å²) in [6.07, 6.45) is 1.13. The third-order valence-corrected chi connectivity index (χ3v) is 5.18. The molecule has 1 atom stereocenters. The molecule has 0 aromatic rings. The third-order valence-electron chi connectivity index (χ3n) is 3.71. The molecule has 0 aromatic heterocycles. The van der Waals surface area contributed by atoms with Crippen LogP contribution in [0, 0.1) is 0 Å². The molecule has 1 aliphatic rings. The van der Waals surface area contributed by atoms with Crippen LogP contribution in [0.1, 0.15) is 12.8 Å². The number of carbonyl (C=O) groups excluding carboxylic acids is 2. The van der Waals surface area contributed by atoms with E-state index in [2.05, 4.69) is 10.0 Å². The fraction of sp³-hybridized carbons (Fsp3) is 0.833. The molecule has 22 heavy (non-hydrogen) atoms. The number of likely N-dealkylation sites (tertiary alicyclic amines) is 1. The molecule has 0 aromatic carbocycles. The van der Waals surface area contributed by atoms with E-state index in [1.54, 1.807) is 0 Å². The molecular formula is C12H24N4O5S. The first-order valence-corrected chi connectivity index (χ1v) is 8.34. The highest BCUT2D eigenvalue weighted by Gasteiger charge is 2.49. The summed E-state index contributed by atoms with van der Waals surface area (Å²) in [4.78, 5) is 26.0. The molecule has 10 heteroatoms. The molecule has 1 unspecified atom stereocenters. The number of hydrogen-bond acceptors (Lipinski definition) is 5. The minimum absolute atomic E-state index is 0.0683. The maximum Gasteiger partial charge on any atom is 0.279 e. The van der Waals surface area contributed by atoms with Crippen LogP contribution in [0.15, 0.2) is 0 Å². The quantitative estimate of drug-likeness (QED) is 0.567. The molecule has 9 nitrogen and oxygen atoms in total. The summed E-state index contributed by atoms with van der Waals surface area (Å²) < 4.78 is 31.6. The molecule has 2 amide bonds. The molecule has 0 bridgehead atoms. The predicted octanol–water partition coefficient (Wildman–Crippen LogP) is -1.86. The molecule has 2 N–H and O–H groups in total. The summed E-state index contributed by atoms with van der Waals surface area (Å²) in [6.45, 7) is 0.0567. The largest absolute Gasteiger partial charge is 0.382 e. The highest BCUT2D eigenvalue weighted by Crippen LogP contribution is 2.30. The van der Waals surface area contributed by atoms with Crippen molar-refractivity contribution in [2.75, 3.05) is 47.9 Å². The summed E-state index contributed by atoms with van der Waals surface area (Å²) in [7, 11) is 1.99. The highest BCUT2D eigenvalue weighted by molar-refractivity contribution is 7.87. The van der Waals surface area contributed by atoms with Gasteiger partial charge in [0.1, 0.15) is 5.54 Å². The van der Waals surface area contributed by atoms with Crippen molar-refractivity contribution in [3.8, 4) is 0 Å². The zero-order chi connectivity index (χ0) is 17.0. The Balaban J connectivity index is 2.88. The molecule has 128 valence electrons. The van der Waals surface area contributed by atoms with Gasteiger partial charge in [0, 0.05) is 34.8 Å². The molecule has 0 radical (unpaired) electrons. The molecule has 0 aliphatic carbocycles. The van der Waals surface area contributed by atoms with Crippen molar-refractivity contribution in [2.24, 2.45) is 0 Å². The average Bonchev–Trinajstić information content (AvgIpc) is 2.89. The molecule has 1 aliphatic heterocycles. The van der Waals surface area contributed by atoms with E-state index in [9.17, 15) is 18.0 Å². The van der Waals surface area contributed by atoms with Crippen molar-refractivity contribution in [1.82, 2.24) is 19.2 Å². The molecule has 1 saturated heterocycles. The third kappa shape index (κ3) is 3.75. The van der Waals surface area contributed by atoms with Crippen molar-refractivity contribution < 1.29 is 22.7 Å². The van der Waals surface area contributed by atoms with Gasteiger partial charge in [0.25, 0.3) is 10.2 Å². The highest BCUT2D eigenvalue weighted by atomic mass is 32.2. The lowest BCUT2D eigenvalue weighted by Gasteiger charge is -2.36. The fourth-order valence-electron chi connectivity index (χ4n) is 2.54. The van der Waals surface area contributed by atoms with E-state index < -0.39 is 28.2 Å². The number of ether oxygens (including phenoxy) is 1. The van der Waals surface area contributed by atoms with Crippen molar-refractivity contribution >= 4 is 22.0 Å². The topological polar surface area (TPSA) is 108 Å². The van der Waals surface area contributed by atoms with Gasteiger partial charge in [-0.05, 0) is 12.8 Å². The molecule has 0 saturated carbocycles. The normalized spacial score (nSPS) is 22.1. The van der Waals surface area contributed by atoms with Crippen LogP contribution < -0.4 is 10.0 Å². The summed E-state index contributed by atoms with van der Waals surface area (Å²) >= 11 is 0. The number of nitrogens with one attached hydrogen (secondary N) is 2. The number of rotatable bonds is 7. The number of hydrogen-bond donors (Lipinski definition) is 2. The van der Waals surface area contributed by atoms with Gasteiger partial charge in [0.2, 0.25) is 11.8 Å². The standard InChI is InChI=1S/C12H24N4O5S/c1-13-11(18)12(9-21-4)6-5-7-16(12)10(17)8-14-22(19,20)15(2)3/h14H,5-9H2,1-4H3,(H,13,18). The Morgan fingerprint density at radius 2 is 2.00 bits per heavy atom. The van der Waals surface area contributed by atoms with E-state index in [1.807, 2.05) is 0 Å². The van der Waals surface area contributed by atoms with E-state index in [0.717, 1.165) is 4.31 Å². The Bertz CT molecular complexity index is 522. The Kier molecular flexibility index (Phi) is 6.29. The number of likely N-dealkylation sites (N-methyl/N-ethyl adjacent to an activating group) is 1. The number of nitrogens with zero attached hydrogens (tertiary/aromatic N) is 2. The predicted molar refractivity (Wildman–Crippen MR) is 80.2 cm³/mol. The van der Waals surface area contributed by atoms with Crippen molar-refractivity contribution in [3.63, 3.8) is 0 Å². The number of carbonyl (C=O) groups is 2. The molecule has 1 rings (SSSR count). The average molecular weight is 336 g/mol. The SMILES string of the molecule is CNC(=O)C1(COC)CCCN1C(=O)CNS(=O)(=O)N(C)C. The molecule has 1 fully saturated rings. The summed E-state index contributed by atoms with van der Waals surface area (Å²) in [5.41, 5.74) is -1.08. The maximum atomic E-state index is 12.4. The number of amides is 2. The Hall–Kier alpha value is -1.23. The van der Waals surface area contributed by atoms with Gasteiger partial charge in [-0.3, -0.25) is 9.59 Å². The zero-order valence-corrected chi connectivity index (χ0v) is 14.2. The van der Waals surface area contributed by atoms with Crippen LogP contribution >= 0.6 is 0 Å². The van der Waals surface area contributed by atoms with Crippen LogP contribution in [-0.2, 0) is 24.5 Å². The van der Waals surface area contributed by atoms with E-state index in [4.69, 9.17) is 4.74 Å². The van der Waals surface area contributed by atoms with E-state index >= 15 is 0 Å². The molecule has 0 spiro atoms. The van der Waals surface area contributed by atoms with Gasteiger partial charge in [-0.1, -0.05) is 0 Å². The summed E-state index contributed by atoms with van der Waals surface area (Å²) in [5, 5.41) is 2.55. The first kappa shape index (κ1) is 18.8. The second kappa shape index (κ2) is 7.36. The van der Waals surface area contributed by atoms with Crippen LogP contribution in [0.4, 0.5) is 0 Å². The minimum Gasteiger partial charge on any atom is -0.382 e. The first-order valence-electron chi connectivity index (χ1n) is 6.90. The van der Waals surface area contributed by atoms with Crippen LogP contribution in [-0.4, -0.2) is 82.9 Å². The lowest BCUT2D eigenvalue weighted by Crippen LogP contribution is -2.61. The van der Waals surface area contributed by atoms with Crippen molar-refractivity contribution in [1.29, 1.82) is 0 Å². The second-order valence-electron chi connectivity index (χ2n) is 5.30. The zero-order valence-electron chi connectivity index (χ0n) is 13.4. The van der Waals surface area contributed by atoms with Gasteiger partial charge >= 0.3 is 0 Å². The van der Waals surface area contributed by atoms with E-state index in [-0.39, 0.29) is 12.5 Å². The van der Waals surface area contributed by atoms with Gasteiger partial charge in [-0.2, -0.15) is 17.4 Å². The minimum atomic E-state index is -3.69. The van der Waals surface area contributed by atoms with Gasteiger partial charge in [-0.25, -0.2) is 0 Å². The monoisotopic (exact) mass is 336 g/mol. The maximum absolute atomic E-state index is 12.4. The lowest BCUT2D eigenvalue weighted by molar-refractivity contribution is -0.147. The van der Waals surface area contributed by atoms with E-state index in [1.165, 1.54) is 33.2 Å². The fourth-order valence-corrected chi connectivity index (χ4v) is 3.11. The molecular weight excluding hydrogens is 312 g/mol. The van der Waals surface area contributed by atoms with Crippen LogP contribution in [0.5, 0.6) is 0 Å². The summed E-state index contributed by atoms with van der Waals surface area (Å²) in [5.74, 6) is -0.765. The number of methoxy groups -OCH3 is 1. The Labute approximate surface area is 131 Å². The second-order valence-corrected chi connectivity index (χ2v) is 7.27. The van der Waals surface area contributed by atoms with Crippen LogP contribution in [0.3, 0.4) is 0 Å².